The summed E-state index contributed by atoms with van der Waals surface area (Å²) in [5.74, 6) is 0.405. The van der Waals surface area contributed by atoms with Crippen LogP contribution in [-0.4, -0.2) is 71.3 Å². The first-order valence-corrected chi connectivity index (χ1v) is 11.0. The number of likely N-dealkylation sites (N-methyl/N-ethyl adjacent to an activating group) is 1. The summed E-state index contributed by atoms with van der Waals surface area (Å²) >= 11 is 0. The Labute approximate surface area is 177 Å². The number of amides is 1. The second-order valence-electron chi connectivity index (χ2n) is 8.22. The highest BCUT2D eigenvalue weighted by Crippen LogP contribution is 2.24. The van der Waals surface area contributed by atoms with Crippen molar-refractivity contribution in [2.75, 3.05) is 50.7 Å². The molecule has 0 atom stereocenters. The van der Waals surface area contributed by atoms with Crippen LogP contribution in [0.5, 0.6) is 0 Å². The first kappa shape index (κ1) is 20.6. The molecule has 0 spiro atoms. The van der Waals surface area contributed by atoms with E-state index in [1.165, 1.54) is 4.68 Å². The molecule has 30 heavy (non-hydrogen) atoms. The molecule has 3 heterocycles. The van der Waals surface area contributed by atoms with Gasteiger partial charge in [-0.2, -0.15) is 5.10 Å². The number of anilines is 1. The van der Waals surface area contributed by atoms with Gasteiger partial charge >= 0.3 is 0 Å². The van der Waals surface area contributed by atoms with Gasteiger partial charge in [0.05, 0.1) is 18.4 Å². The van der Waals surface area contributed by atoms with Crippen LogP contribution in [0.4, 0.5) is 5.69 Å². The van der Waals surface area contributed by atoms with Crippen LogP contribution < -0.4 is 10.5 Å². The van der Waals surface area contributed by atoms with Crippen LogP contribution in [0.25, 0.3) is 0 Å². The summed E-state index contributed by atoms with van der Waals surface area (Å²) in [6.07, 6.45) is 3.44. The summed E-state index contributed by atoms with van der Waals surface area (Å²) < 4.78 is 1.49. The lowest BCUT2D eigenvalue weighted by Crippen LogP contribution is -2.51. The van der Waals surface area contributed by atoms with Gasteiger partial charge in [0, 0.05) is 51.3 Å². The van der Waals surface area contributed by atoms with Crippen LogP contribution >= 0.6 is 0 Å². The largest absolute Gasteiger partial charge is 0.370 e. The van der Waals surface area contributed by atoms with Gasteiger partial charge < -0.3 is 14.7 Å². The Hall–Kier alpha value is -2.67. The van der Waals surface area contributed by atoms with Crippen molar-refractivity contribution < 1.29 is 4.79 Å². The van der Waals surface area contributed by atoms with Gasteiger partial charge in [-0.1, -0.05) is 37.3 Å². The maximum Gasteiger partial charge on any atom is 0.269 e. The van der Waals surface area contributed by atoms with E-state index in [4.69, 9.17) is 0 Å². The molecule has 7 heteroatoms. The molecule has 7 nitrogen and oxygen atoms in total. The minimum Gasteiger partial charge on any atom is -0.370 e. The molecule has 0 unspecified atom stereocenters. The Morgan fingerprint density at radius 3 is 2.37 bits per heavy atom. The smallest absolute Gasteiger partial charge is 0.269 e. The molecule has 0 bridgehead atoms. The van der Waals surface area contributed by atoms with Crippen molar-refractivity contribution >= 4 is 11.6 Å². The fourth-order valence-corrected chi connectivity index (χ4v) is 4.40. The summed E-state index contributed by atoms with van der Waals surface area (Å²) in [6.45, 7) is 8.91. The summed E-state index contributed by atoms with van der Waals surface area (Å²) in [7, 11) is 0. The zero-order valence-corrected chi connectivity index (χ0v) is 17.7. The third-order valence-electron chi connectivity index (χ3n) is 6.37. The lowest BCUT2D eigenvalue weighted by atomic mass is 9.94. The van der Waals surface area contributed by atoms with Gasteiger partial charge in [0.1, 0.15) is 0 Å². The highest BCUT2D eigenvalue weighted by Gasteiger charge is 2.30. The highest BCUT2D eigenvalue weighted by atomic mass is 16.2. The SMILES string of the molecule is CCN1CCN(C(=O)C2CCN(c3cnn(Cc4ccccc4)c(=O)c3)CC2)CC1. The predicted octanol–water partition coefficient (Wildman–Crippen LogP) is 1.67. The van der Waals surface area contributed by atoms with E-state index in [9.17, 15) is 9.59 Å². The molecule has 1 aromatic carbocycles. The number of carbonyl (C=O) groups is 1. The maximum absolute atomic E-state index is 12.9. The Morgan fingerprint density at radius 1 is 1.03 bits per heavy atom. The molecule has 160 valence electrons. The molecule has 2 aromatic rings. The molecular formula is C23H31N5O2. The Bertz CT molecular complexity index is 897. The topological polar surface area (TPSA) is 61.7 Å². The molecule has 1 aromatic heterocycles. The third kappa shape index (κ3) is 4.73. The first-order chi connectivity index (χ1) is 14.6. The van der Waals surface area contributed by atoms with Gasteiger partial charge in [-0.3, -0.25) is 9.59 Å². The van der Waals surface area contributed by atoms with Crippen LogP contribution in [0.1, 0.15) is 25.3 Å². The third-order valence-corrected chi connectivity index (χ3v) is 6.37. The average molecular weight is 410 g/mol. The van der Waals surface area contributed by atoms with Crippen molar-refractivity contribution in [3.63, 3.8) is 0 Å². The maximum atomic E-state index is 12.9. The Kier molecular flexibility index (Phi) is 6.47. The second kappa shape index (κ2) is 9.43. The van der Waals surface area contributed by atoms with Crippen molar-refractivity contribution in [1.29, 1.82) is 0 Å². The summed E-state index contributed by atoms with van der Waals surface area (Å²) in [5.41, 5.74) is 1.81. The first-order valence-electron chi connectivity index (χ1n) is 11.0. The number of piperazine rings is 1. The quantitative estimate of drug-likeness (QED) is 0.752. The number of aromatic nitrogens is 2. The van der Waals surface area contributed by atoms with E-state index in [-0.39, 0.29) is 11.5 Å². The van der Waals surface area contributed by atoms with Crippen molar-refractivity contribution in [3.05, 3.63) is 58.5 Å². The minimum absolute atomic E-state index is 0.0941. The molecule has 4 rings (SSSR count). The van der Waals surface area contributed by atoms with Crippen LogP contribution in [0, 0.1) is 5.92 Å². The average Bonchev–Trinajstić information content (AvgIpc) is 2.81. The number of hydrogen-bond donors (Lipinski definition) is 0. The van der Waals surface area contributed by atoms with Gasteiger partial charge in [0.15, 0.2) is 0 Å². The molecule has 0 radical (unpaired) electrons. The number of carbonyl (C=O) groups excluding carboxylic acids is 1. The van der Waals surface area contributed by atoms with Crippen LogP contribution in [0.15, 0.2) is 47.4 Å². The van der Waals surface area contributed by atoms with E-state index < -0.39 is 0 Å². The van der Waals surface area contributed by atoms with Gasteiger partial charge in [0.2, 0.25) is 5.91 Å². The molecular weight excluding hydrogens is 378 g/mol. The summed E-state index contributed by atoms with van der Waals surface area (Å²) in [5, 5.41) is 4.37. The highest BCUT2D eigenvalue weighted by molar-refractivity contribution is 5.79. The second-order valence-corrected chi connectivity index (χ2v) is 8.22. The van der Waals surface area contributed by atoms with E-state index >= 15 is 0 Å². The minimum atomic E-state index is -0.0941. The lowest BCUT2D eigenvalue weighted by molar-refractivity contribution is -0.137. The molecule has 2 aliphatic heterocycles. The van der Waals surface area contributed by atoms with Gasteiger partial charge in [-0.15, -0.1) is 0 Å². The molecule has 2 aliphatic rings. The number of piperidine rings is 1. The van der Waals surface area contributed by atoms with E-state index in [1.54, 1.807) is 12.3 Å². The number of hydrogen-bond acceptors (Lipinski definition) is 5. The van der Waals surface area contributed by atoms with Crippen molar-refractivity contribution in [3.8, 4) is 0 Å². The van der Waals surface area contributed by atoms with E-state index in [0.29, 0.717) is 12.5 Å². The summed E-state index contributed by atoms with van der Waals surface area (Å²) in [6, 6.07) is 11.5. The van der Waals surface area contributed by atoms with E-state index in [0.717, 1.165) is 69.9 Å². The lowest BCUT2D eigenvalue weighted by Gasteiger charge is -2.38. The number of benzene rings is 1. The van der Waals surface area contributed by atoms with Crippen LogP contribution in [-0.2, 0) is 11.3 Å². The number of rotatable bonds is 5. The molecule has 2 saturated heterocycles. The zero-order valence-electron chi connectivity index (χ0n) is 17.7. The Morgan fingerprint density at radius 2 is 1.73 bits per heavy atom. The molecule has 0 aliphatic carbocycles. The van der Waals surface area contributed by atoms with Crippen LogP contribution in [0.2, 0.25) is 0 Å². The van der Waals surface area contributed by atoms with E-state index in [1.807, 2.05) is 35.2 Å². The zero-order chi connectivity index (χ0) is 20.9. The van der Waals surface area contributed by atoms with Gasteiger partial charge in [-0.05, 0) is 24.9 Å². The molecule has 0 saturated carbocycles. The normalized spacial score (nSPS) is 18.6. The fraction of sp³-hybridized carbons (Fsp3) is 0.522. The number of nitrogens with zero attached hydrogens (tertiary/aromatic N) is 5. The van der Waals surface area contributed by atoms with Crippen molar-refractivity contribution in [1.82, 2.24) is 19.6 Å². The van der Waals surface area contributed by atoms with E-state index in [2.05, 4.69) is 21.8 Å². The van der Waals surface area contributed by atoms with Gasteiger partial charge in [-0.25, -0.2) is 4.68 Å². The molecule has 1 amide bonds. The standard InChI is InChI=1S/C23H31N5O2/c1-2-25-12-14-27(15-13-25)23(30)20-8-10-26(11-9-20)21-16-22(29)28(24-17-21)18-19-6-4-3-5-7-19/h3-7,16-17,20H,2,8-15,18H2,1H3. The fourth-order valence-electron chi connectivity index (χ4n) is 4.40. The molecule has 0 N–H and O–H groups in total. The van der Waals surface area contributed by atoms with Crippen LogP contribution in [0.3, 0.4) is 0 Å². The van der Waals surface area contributed by atoms with Crippen molar-refractivity contribution in [2.24, 2.45) is 5.92 Å². The molecule has 2 fully saturated rings. The van der Waals surface area contributed by atoms with Crippen molar-refractivity contribution in [2.45, 2.75) is 26.3 Å². The predicted molar refractivity (Wildman–Crippen MR) is 118 cm³/mol. The monoisotopic (exact) mass is 409 g/mol. The summed E-state index contributed by atoms with van der Waals surface area (Å²) in [4.78, 5) is 32.0. The Balaban J connectivity index is 1.32. The van der Waals surface area contributed by atoms with Gasteiger partial charge in [0.25, 0.3) is 5.56 Å².